The van der Waals surface area contributed by atoms with Gasteiger partial charge in [-0.1, -0.05) is 17.3 Å². The van der Waals surface area contributed by atoms with E-state index in [2.05, 4.69) is 10.5 Å². The third-order valence-corrected chi connectivity index (χ3v) is 4.78. The lowest BCUT2D eigenvalue weighted by Gasteiger charge is -2.24. The number of hydrogen-bond acceptors (Lipinski definition) is 5. The number of para-hydroxylation sites is 1. The first-order chi connectivity index (χ1) is 10.1. The molecule has 6 nitrogen and oxygen atoms in total. The van der Waals surface area contributed by atoms with Gasteiger partial charge in [-0.15, -0.1) is 0 Å². The van der Waals surface area contributed by atoms with Gasteiger partial charge >= 0.3 is 5.97 Å². The van der Waals surface area contributed by atoms with Crippen molar-refractivity contribution < 1.29 is 19.2 Å². The van der Waals surface area contributed by atoms with Crippen molar-refractivity contribution in [2.75, 3.05) is 11.5 Å². The molecule has 1 atom stereocenters. The number of aromatic nitrogens is 1. The van der Waals surface area contributed by atoms with Crippen molar-refractivity contribution in [2.45, 2.75) is 18.4 Å². The molecule has 7 heteroatoms. The van der Waals surface area contributed by atoms with Gasteiger partial charge in [0, 0.05) is 11.1 Å². The average Bonchev–Trinajstić information content (AvgIpc) is 3.08. The first-order valence-electron chi connectivity index (χ1n) is 6.56. The molecule has 110 valence electrons. The van der Waals surface area contributed by atoms with Crippen LogP contribution in [0, 0.1) is 0 Å². The number of nitrogens with one attached hydrogen (secondary N) is 1. The van der Waals surface area contributed by atoms with Crippen molar-refractivity contribution in [2.24, 2.45) is 0 Å². The molecule has 1 amide bonds. The van der Waals surface area contributed by atoms with Crippen LogP contribution in [0.4, 0.5) is 0 Å². The minimum absolute atomic E-state index is 0.0106. The van der Waals surface area contributed by atoms with Crippen molar-refractivity contribution in [3.63, 3.8) is 0 Å². The molecule has 0 spiro atoms. The quantitative estimate of drug-likeness (QED) is 0.888. The molecule has 1 fully saturated rings. The number of aliphatic carboxylic acids is 1. The number of rotatable bonds is 4. The van der Waals surface area contributed by atoms with E-state index in [1.807, 2.05) is 18.2 Å². The number of benzene rings is 1. The maximum Gasteiger partial charge on any atom is 0.330 e. The largest absolute Gasteiger partial charge is 0.479 e. The lowest BCUT2D eigenvalue weighted by atomic mass is 9.99. The molecule has 1 saturated heterocycles. The van der Waals surface area contributed by atoms with E-state index in [1.165, 1.54) is 11.8 Å². The number of thioether (sulfide) groups is 1. The summed E-state index contributed by atoms with van der Waals surface area (Å²) >= 11 is 1.53. The number of fused-ring (bicyclic) bond motifs is 1. The van der Waals surface area contributed by atoms with Crippen LogP contribution >= 0.6 is 11.8 Å². The Hall–Kier alpha value is -2.02. The van der Waals surface area contributed by atoms with Gasteiger partial charge in [-0.2, -0.15) is 11.8 Å². The zero-order chi connectivity index (χ0) is 14.9. The number of nitrogens with zero attached hydrogens (tertiary/aromatic N) is 1. The normalized spacial score (nSPS) is 21.5. The van der Waals surface area contributed by atoms with Crippen LogP contribution in [0.25, 0.3) is 11.0 Å². The molecule has 0 bridgehead atoms. The Balaban J connectivity index is 1.76. The molecule has 3 rings (SSSR count). The van der Waals surface area contributed by atoms with Gasteiger partial charge in [-0.05, 0) is 24.3 Å². The topological polar surface area (TPSA) is 92.4 Å². The summed E-state index contributed by atoms with van der Waals surface area (Å²) in [5.41, 5.74) is -0.0136. The summed E-state index contributed by atoms with van der Waals surface area (Å²) in [4.78, 5) is 23.6. The molecule has 2 N–H and O–H groups in total. The second-order valence-corrected chi connectivity index (χ2v) is 6.15. The Bertz CT molecular complexity index is 691. The van der Waals surface area contributed by atoms with Crippen LogP contribution in [0.5, 0.6) is 0 Å². The molecule has 0 aliphatic carbocycles. The lowest BCUT2D eigenvalue weighted by molar-refractivity contribution is -0.146. The first kappa shape index (κ1) is 13.9. The standard InChI is InChI=1S/C14H14N2O4S/c17-12(15-14(13(18)19)5-6-21-8-14)7-10-9-3-1-2-4-11(9)20-16-10/h1-4H,5-8H2,(H,15,17)(H,18,19). The van der Waals surface area contributed by atoms with Crippen LogP contribution < -0.4 is 5.32 Å². The van der Waals surface area contributed by atoms with E-state index in [4.69, 9.17) is 4.52 Å². The fourth-order valence-electron chi connectivity index (χ4n) is 2.41. The Morgan fingerprint density at radius 3 is 2.95 bits per heavy atom. The first-order valence-corrected chi connectivity index (χ1v) is 7.72. The van der Waals surface area contributed by atoms with E-state index < -0.39 is 11.5 Å². The number of amides is 1. The Morgan fingerprint density at radius 1 is 1.43 bits per heavy atom. The minimum atomic E-state index is -1.15. The molecule has 1 unspecified atom stereocenters. The maximum atomic E-state index is 12.2. The highest BCUT2D eigenvalue weighted by Gasteiger charge is 2.43. The summed E-state index contributed by atoms with van der Waals surface area (Å²) in [6, 6.07) is 7.27. The fourth-order valence-corrected chi connectivity index (χ4v) is 3.74. The summed E-state index contributed by atoms with van der Waals surface area (Å²) in [6.45, 7) is 0. The van der Waals surface area contributed by atoms with E-state index in [1.54, 1.807) is 6.07 Å². The van der Waals surface area contributed by atoms with Crippen LogP contribution in [0.2, 0.25) is 0 Å². The molecule has 21 heavy (non-hydrogen) atoms. The Kier molecular flexibility index (Phi) is 3.59. The molecule has 1 aliphatic rings. The summed E-state index contributed by atoms with van der Waals surface area (Å²) < 4.78 is 5.14. The zero-order valence-electron chi connectivity index (χ0n) is 11.2. The summed E-state index contributed by atoms with van der Waals surface area (Å²) in [6.07, 6.45) is 0.453. The number of carboxylic acid groups (broad SMARTS) is 1. The molecular weight excluding hydrogens is 292 g/mol. The van der Waals surface area contributed by atoms with Gasteiger partial charge < -0.3 is 14.9 Å². The van der Waals surface area contributed by atoms with Gasteiger partial charge in [0.2, 0.25) is 5.91 Å². The highest BCUT2D eigenvalue weighted by atomic mass is 32.2. The van der Waals surface area contributed by atoms with E-state index in [0.717, 1.165) is 11.1 Å². The van der Waals surface area contributed by atoms with Crippen LogP contribution in [-0.2, 0) is 16.0 Å². The SMILES string of the molecule is O=C(Cc1noc2ccccc12)NC1(C(=O)O)CCSC1. The lowest BCUT2D eigenvalue weighted by Crippen LogP contribution is -2.55. The van der Waals surface area contributed by atoms with Crippen LogP contribution in [0.1, 0.15) is 12.1 Å². The molecule has 2 heterocycles. The minimum Gasteiger partial charge on any atom is -0.479 e. The van der Waals surface area contributed by atoms with Gasteiger partial charge in [0.25, 0.3) is 0 Å². The molecule has 1 aromatic carbocycles. The summed E-state index contributed by atoms with van der Waals surface area (Å²) in [5.74, 6) is -0.197. The van der Waals surface area contributed by atoms with Gasteiger partial charge in [0.15, 0.2) is 5.58 Å². The van der Waals surface area contributed by atoms with Crippen LogP contribution in [0.3, 0.4) is 0 Å². The number of carbonyl (C=O) groups excluding carboxylic acids is 1. The molecule has 0 saturated carbocycles. The van der Waals surface area contributed by atoms with E-state index in [0.29, 0.717) is 23.5 Å². The number of hydrogen-bond donors (Lipinski definition) is 2. The third-order valence-electron chi connectivity index (χ3n) is 3.59. The molecule has 1 aromatic heterocycles. The Labute approximate surface area is 124 Å². The second-order valence-electron chi connectivity index (χ2n) is 5.04. The second kappa shape index (κ2) is 5.40. The highest BCUT2D eigenvalue weighted by molar-refractivity contribution is 7.99. The third kappa shape index (κ3) is 2.61. The summed E-state index contributed by atoms with van der Waals surface area (Å²) in [5, 5.41) is 16.7. The zero-order valence-corrected chi connectivity index (χ0v) is 12.0. The van der Waals surface area contributed by atoms with Crippen molar-refractivity contribution in [3.8, 4) is 0 Å². The monoisotopic (exact) mass is 306 g/mol. The van der Waals surface area contributed by atoms with Crippen LogP contribution in [-0.4, -0.2) is 39.2 Å². The van der Waals surface area contributed by atoms with Crippen molar-refractivity contribution in [1.82, 2.24) is 10.5 Å². The molecular formula is C14H14N2O4S. The van der Waals surface area contributed by atoms with Crippen molar-refractivity contribution in [1.29, 1.82) is 0 Å². The van der Waals surface area contributed by atoms with Crippen molar-refractivity contribution in [3.05, 3.63) is 30.0 Å². The van der Waals surface area contributed by atoms with Gasteiger partial charge in [0.05, 0.1) is 6.42 Å². The van der Waals surface area contributed by atoms with Crippen molar-refractivity contribution >= 4 is 34.6 Å². The predicted octanol–water partition coefficient (Wildman–Crippen LogP) is 1.45. The Morgan fingerprint density at radius 2 is 2.24 bits per heavy atom. The van der Waals surface area contributed by atoms with E-state index in [9.17, 15) is 14.7 Å². The average molecular weight is 306 g/mol. The van der Waals surface area contributed by atoms with Gasteiger partial charge in [-0.3, -0.25) is 4.79 Å². The molecule has 0 radical (unpaired) electrons. The van der Waals surface area contributed by atoms with E-state index in [-0.39, 0.29) is 12.3 Å². The maximum absolute atomic E-state index is 12.2. The summed E-state index contributed by atoms with van der Waals surface area (Å²) in [7, 11) is 0. The number of carbonyl (C=O) groups is 2. The fraction of sp³-hybridized carbons (Fsp3) is 0.357. The van der Waals surface area contributed by atoms with Crippen LogP contribution in [0.15, 0.2) is 28.8 Å². The molecule has 1 aliphatic heterocycles. The highest BCUT2D eigenvalue weighted by Crippen LogP contribution is 2.28. The van der Waals surface area contributed by atoms with E-state index >= 15 is 0 Å². The molecule has 2 aromatic rings. The predicted molar refractivity (Wildman–Crippen MR) is 78.2 cm³/mol. The smallest absolute Gasteiger partial charge is 0.330 e. The number of carboxylic acids is 1. The van der Waals surface area contributed by atoms with Gasteiger partial charge in [0.1, 0.15) is 11.2 Å². The van der Waals surface area contributed by atoms with Gasteiger partial charge in [-0.25, -0.2) is 4.79 Å².